The molecule has 0 radical (unpaired) electrons. The van der Waals surface area contributed by atoms with Gasteiger partial charge in [0.15, 0.2) is 0 Å². The van der Waals surface area contributed by atoms with Crippen LogP contribution in [0.1, 0.15) is 61.8 Å². The molecule has 3 rings (SSSR count). The number of nitro benzene ring substituents is 1. The maximum atomic E-state index is 11.0. The molecule has 33 heavy (non-hydrogen) atoms. The van der Waals surface area contributed by atoms with Crippen molar-refractivity contribution >= 4 is 22.8 Å². The molecular weight excluding hydrogens is 428 g/mol. The highest BCUT2D eigenvalue weighted by molar-refractivity contribution is 7.80. The largest absolute Gasteiger partial charge is 0.307 e. The van der Waals surface area contributed by atoms with Gasteiger partial charge in [-0.25, -0.2) is 0 Å². The number of rotatable bonds is 12. The third kappa shape index (κ3) is 7.04. The van der Waals surface area contributed by atoms with E-state index in [0.717, 1.165) is 29.7 Å². The number of hydrogen-bond donors (Lipinski definition) is 1. The molecular formula is C28H32N2O2S. The number of hydrogen-bond acceptors (Lipinski definition) is 4. The lowest BCUT2D eigenvalue weighted by atomic mass is 9.82. The topological polar surface area (TPSA) is 55.2 Å². The van der Waals surface area contributed by atoms with Gasteiger partial charge in [0.05, 0.1) is 4.92 Å². The van der Waals surface area contributed by atoms with Crippen molar-refractivity contribution in [2.45, 2.75) is 57.5 Å². The molecule has 0 unspecified atom stereocenters. The van der Waals surface area contributed by atoms with Gasteiger partial charge in [-0.15, -0.1) is 0 Å². The first kappa shape index (κ1) is 24.7. The Kier molecular flexibility index (Phi) is 9.28. The molecule has 0 aliphatic heterocycles. The Morgan fingerprint density at radius 2 is 1.42 bits per heavy atom. The van der Waals surface area contributed by atoms with E-state index in [9.17, 15) is 10.1 Å². The average Bonchev–Trinajstić information content (AvgIpc) is 2.85. The van der Waals surface area contributed by atoms with E-state index in [2.05, 4.69) is 73.8 Å². The minimum absolute atomic E-state index is 0.102. The number of benzene rings is 3. The molecule has 5 heteroatoms. The van der Waals surface area contributed by atoms with E-state index < -0.39 is 0 Å². The maximum absolute atomic E-state index is 11.0. The molecule has 3 aromatic rings. The summed E-state index contributed by atoms with van der Waals surface area (Å²) in [5.74, 6) is 0.180. The van der Waals surface area contributed by atoms with Crippen molar-refractivity contribution in [3.63, 3.8) is 0 Å². The Morgan fingerprint density at radius 3 is 1.94 bits per heavy atom. The molecule has 0 aliphatic rings. The Hall–Kier alpha value is -2.89. The van der Waals surface area contributed by atoms with Gasteiger partial charge in [0.2, 0.25) is 0 Å². The van der Waals surface area contributed by atoms with Crippen LogP contribution in [0.5, 0.6) is 0 Å². The van der Waals surface area contributed by atoms with Crippen molar-refractivity contribution in [3.8, 4) is 0 Å². The number of nitro groups is 1. The number of nitrogens with one attached hydrogen (secondary N) is 1. The standard InChI is InChI=1S/C28H32N2O2S/c1-3-24(4-2)29-28(23-13-9-6-10-14-23)27(22-11-7-5-8-12-22)20-26(33)19-21-15-17-25(18-16-21)30(31)32/h5-18,24,27-29H,3-4,19-20H2,1-2H3/t27-,28-/m1/s1. The van der Waals surface area contributed by atoms with Crippen LogP contribution in [0, 0.1) is 10.1 Å². The van der Waals surface area contributed by atoms with Crippen molar-refractivity contribution in [1.29, 1.82) is 0 Å². The lowest BCUT2D eigenvalue weighted by Crippen LogP contribution is -2.36. The van der Waals surface area contributed by atoms with Gasteiger partial charge >= 0.3 is 0 Å². The fraction of sp³-hybridized carbons (Fsp3) is 0.321. The van der Waals surface area contributed by atoms with Crippen LogP contribution >= 0.6 is 12.2 Å². The summed E-state index contributed by atoms with van der Waals surface area (Å²) in [6.45, 7) is 4.44. The summed E-state index contributed by atoms with van der Waals surface area (Å²) in [7, 11) is 0. The molecule has 0 aliphatic carbocycles. The predicted octanol–water partition coefficient (Wildman–Crippen LogP) is 7.20. The van der Waals surface area contributed by atoms with Crippen LogP contribution in [0.2, 0.25) is 0 Å². The molecule has 172 valence electrons. The van der Waals surface area contributed by atoms with Crippen LogP contribution in [-0.4, -0.2) is 15.8 Å². The molecule has 4 nitrogen and oxygen atoms in total. The highest BCUT2D eigenvalue weighted by atomic mass is 32.1. The molecule has 0 amide bonds. The van der Waals surface area contributed by atoms with Crippen molar-refractivity contribution < 1.29 is 4.92 Å². The van der Waals surface area contributed by atoms with Gasteiger partial charge in [0, 0.05) is 36.6 Å². The van der Waals surface area contributed by atoms with Gasteiger partial charge in [-0.1, -0.05) is 98.9 Å². The summed E-state index contributed by atoms with van der Waals surface area (Å²) < 4.78 is 0. The molecule has 0 fully saturated rings. The zero-order valence-electron chi connectivity index (χ0n) is 19.3. The molecule has 3 aromatic carbocycles. The monoisotopic (exact) mass is 460 g/mol. The lowest BCUT2D eigenvalue weighted by molar-refractivity contribution is -0.384. The molecule has 0 aromatic heterocycles. The van der Waals surface area contributed by atoms with Crippen molar-refractivity contribution in [2.75, 3.05) is 0 Å². The van der Waals surface area contributed by atoms with Crippen molar-refractivity contribution in [3.05, 3.63) is 112 Å². The van der Waals surface area contributed by atoms with E-state index in [1.54, 1.807) is 24.3 Å². The normalized spacial score (nSPS) is 12.9. The van der Waals surface area contributed by atoms with E-state index in [0.29, 0.717) is 12.5 Å². The highest BCUT2D eigenvalue weighted by Gasteiger charge is 2.27. The van der Waals surface area contributed by atoms with E-state index in [-0.39, 0.29) is 22.6 Å². The molecule has 0 saturated carbocycles. The smallest absolute Gasteiger partial charge is 0.269 e. The predicted molar refractivity (Wildman–Crippen MR) is 140 cm³/mol. The third-order valence-electron chi connectivity index (χ3n) is 6.19. The van der Waals surface area contributed by atoms with Crippen LogP contribution < -0.4 is 5.32 Å². The van der Waals surface area contributed by atoms with Crippen molar-refractivity contribution in [2.24, 2.45) is 0 Å². The Bertz CT molecular complexity index is 1020. The molecule has 1 N–H and O–H groups in total. The van der Waals surface area contributed by atoms with Crippen molar-refractivity contribution in [1.82, 2.24) is 5.32 Å². The summed E-state index contributed by atoms with van der Waals surface area (Å²) in [6.07, 6.45) is 3.51. The van der Waals surface area contributed by atoms with Crippen LogP contribution in [0.15, 0.2) is 84.9 Å². The molecule has 0 heterocycles. The molecule has 2 atom stereocenters. The summed E-state index contributed by atoms with van der Waals surface area (Å²) in [4.78, 5) is 11.5. The van der Waals surface area contributed by atoms with Crippen LogP contribution in [0.3, 0.4) is 0 Å². The summed E-state index contributed by atoms with van der Waals surface area (Å²) >= 11 is 5.87. The third-order valence-corrected chi connectivity index (χ3v) is 6.50. The summed E-state index contributed by atoms with van der Waals surface area (Å²) in [6, 6.07) is 28.5. The van der Waals surface area contributed by atoms with Gasteiger partial charge in [0.1, 0.15) is 0 Å². The van der Waals surface area contributed by atoms with Crippen LogP contribution in [0.25, 0.3) is 0 Å². The van der Waals surface area contributed by atoms with E-state index >= 15 is 0 Å². The molecule has 0 bridgehead atoms. The minimum Gasteiger partial charge on any atom is -0.307 e. The fourth-order valence-electron chi connectivity index (χ4n) is 4.29. The van der Waals surface area contributed by atoms with E-state index in [1.165, 1.54) is 11.1 Å². The highest BCUT2D eigenvalue weighted by Crippen LogP contribution is 2.35. The Labute approximate surface area is 202 Å². The van der Waals surface area contributed by atoms with Gasteiger partial charge in [-0.2, -0.15) is 0 Å². The second-order valence-corrected chi connectivity index (χ2v) is 9.01. The second-order valence-electron chi connectivity index (χ2n) is 8.43. The van der Waals surface area contributed by atoms with Gasteiger partial charge in [-0.3, -0.25) is 10.1 Å². The fourth-order valence-corrected chi connectivity index (χ4v) is 4.64. The first-order chi connectivity index (χ1) is 16.0. The maximum Gasteiger partial charge on any atom is 0.269 e. The lowest BCUT2D eigenvalue weighted by Gasteiger charge is -2.33. The van der Waals surface area contributed by atoms with Gasteiger partial charge < -0.3 is 5.32 Å². The number of non-ortho nitro benzene ring substituents is 1. The first-order valence-electron chi connectivity index (χ1n) is 11.6. The van der Waals surface area contributed by atoms with Gasteiger partial charge in [-0.05, 0) is 40.8 Å². The quantitative estimate of drug-likeness (QED) is 0.176. The van der Waals surface area contributed by atoms with E-state index in [4.69, 9.17) is 12.2 Å². The number of thiocarbonyl (C=S) groups is 1. The summed E-state index contributed by atoms with van der Waals surface area (Å²) in [5, 5.41) is 14.9. The van der Waals surface area contributed by atoms with E-state index in [1.807, 2.05) is 6.07 Å². The van der Waals surface area contributed by atoms with Crippen LogP contribution in [-0.2, 0) is 6.42 Å². The SMILES string of the molecule is CCC(CC)N[C@H](c1ccccc1)[C@H](CC(=S)Cc1ccc([N+](=O)[O-])cc1)c1ccccc1. The minimum atomic E-state index is -0.373. The Morgan fingerprint density at radius 1 is 0.879 bits per heavy atom. The second kappa shape index (κ2) is 12.4. The molecule has 0 saturated heterocycles. The molecule has 0 spiro atoms. The zero-order chi connectivity index (χ0) is 23.6. The summed E-state index contributed by atoms with van der Waals surface area (Å²) in [5.41, 5.74) is 3.62. The Balaban J connectivity index is 1.89. The number of nitrogens with zero attached hydrogens (tertiary/aromatic N) is 1. The zero-order valence-corrected chi connectivity index (χ0v) is 20.1. The van der Waals surface area contributed by atoms with Crippen LogP contribution in [0.4, 0.5) is 5.69 Å². The van der Waals surface area contributed by atoms with Gasteiger partial charge in [0.25, 0.3) is 5.69 Å². The first-order valence-corrected chi connectivity index (χ1v) is 12.0. The average molecular weight is 461 g/mol.